The van der Waals surface area contributed by atoms with Crippen LogP contribution in [-0.4, -0.2) is 47.7 Å². The zero-order chi connectivity index (χ0) is 18.3. The van der Waals surface area contributed by atoms with E-state index in [1.54, 1.807) is 12.0 Å². The molecule has 26 heavy (non-hydrogen) atoms. The molecule has 7 heteroatoms. The molecule has 4 rings (SSSR count). The average Bonchev–Trinajstić information content (AvgIpc) is 3.23. The molecular weight excluding hydrogens is 334 g/mol. The van der Waals surface area contributed by atoms with Crippen LogP contribution in [0.15, 0.2) is 29.4 Å². The summed E-state index contributed by atoms with van der Waals surface area (Å²) in [5.74, 6) is 0.765. The molecule has 0 radical (unpaired) electrons. The quantitative estimate of drug-likeness (QED) is 0.845. The molecule has 1 aliphatic carbocycles. The third kappa shape index (κ3) is 2.76. The summed E-state index contributed by atoms with van der Waals surface area (Å²) in [6.45, 7) is 1.15. The fraction of sp³-hybridized carbons (Fsp3) is 0.526. The lowest BCUT2D eigenvalue weighted by molar-refractivity contribution is -0.124. The van der Waals surface area contributed by atoms with Crippen LogP contribution >= 0.6 is 0 Å². The zero-order valence-corrected chi connectivity index (χ0v) is 14.8. The van der Waals surface area contributed by atoms with Crippen molar-refractivity contribution in [2.75, 3.05) is 20.2 Å². The van der Waals surface area contributed by atoms with Crippen LogP contribution in [0.1, 0.15) is 31.2 Å². The Bertz CT molecular complexity index is 761. The molecule has 0 bridgehead atoms. The van der Waals surface area contributed by atoms with Crippen molar-refractivity contribution in [2.45, 2.75) is 31.3 Å². The molecular formula is C19H23N3O4. The first kappa shape index (κ1) is 17.0. The maximum absolute atomic E-state index is 12.7. The molecule has 0 spiro atoms. The second kappa shape index (κ2) is 6.39. The van der Waals surface area contributed by atoms with E-state index in [9.17, 15) is 14.7 Å². The summed E-state index contributed by atoms with van der Waals surface area (Å²) < 4.78 is 5.20. The molecule has 1 aromatic carbocycles. The molecule has 1 saturated carbocycles. The first-order valence-electron chi connectivity index (χ1n) is 9.03. The SMILES string of the molecule is COc1ccc([C@@]2(O)CC[C@@H]3CN(C(=O)C4=NNC(=O)CC4)C[C@@H]32)cc1. The van der Waals surface area contributed by atoms with Gasteiger partial charge in [0.05, 0.1) is 12.7 Å². The number of benzene rings is 1. The van der Waals surface area contributed by atoms with E-state index >= 15 is 0 Å². The number of hydrogen-bond acceptors (Lipinski definition) is 5. The van der Waals surface area contributed by atoms with E-state index < -0.39 is 5.60 Å². The maximum atomic E-state index is 12.7. The molecule has 3 aliphatic rings. The number of methoxy groups -OCH3 is 1. The molecule has 1 aromatic rings. The highest BCUT2D eigenvalue weighted by molar-refractivity contribution is 6.39. The summed E-state index contributed by atoms with van der Waals surface area (Å²) in [7, 11) is 1.62. The van der Waals surface area contributed by atoms with E-state index in [2.05, 4.69) is 10.5 Å². The van der Waals surface area contributed by atoms with Gasteiger partial charge in [0.2, 0.25) is 5.91 Å². The van der Waals surface area contributed by atoms with Gasteiger partial charge in [-0.05, 0) is 36.5 Å². The zero-order valence-electron chi connectivity index (χ0n) is 14.8. The standard InChI is InChI=1S/C19H23N3O4/c1-26-14-4-2-13(3-5-14)19(25)9-8-12-10-22(11-15(12)19)18(24)16-6-7-17(23)21-20-16/h2-5,12,15,25H,6-11H2,1H3,(H,21,23)/t12-,15+,19+/m1/s1. The van der Waals surface area contributed by atoms with Crippen LogP contribution in [0.2, 0.25) is 0 Å². The Morgan fingerprint density at radius 1 is 1.31 bits per heavy atom. The van der Waals surface area contributed by atoms with Crippen LogP contribution in [0.4, 0.5) is 0 Å². The number of amides is 2. The first-order chi connectivity index (χ1) is 12.5. The Kier molecular flexibility index (Phi) is 4.19. The Labute approximate surface area is 152 Å². The molecule has 3 atom stereocenters. The lowest BCUT2D eigenvalue weighted by atomic mass is 9.82. The molecule has 2 amide bonds. The number of fused-ring (bicyclic) bond motifs is 1. The van der Waals surface area contributed by atoms with Gasteiger partial charge in [-0.3, -0.25) is 9.59 Å². The Morgan fingerprint density at radius 2 is 2.08 bits per heavy atom. The number of hydrogen-bond donors (Lipinski definition) is 2. The highest BCUT2D eigenvalue weighted by Crippen LogP contribution is 2.50. The molecule has 7 nitrogen and oxygen atoms in total. The predicted molar refractivity (Wildman–Crippen MR) is 94.5 cm³/mol. The van der Waals surface area contributed by atoms with Crippen LogP contribution < -0.4 is 10.2 Å². The summed E-state index contributed by atoms with van der Waals surface area (Å²) in [6.07, 6.45) is 2.26. The Hall–Kier alpha value is -2.41. The van der Waals surface area contributed by atoms with E-state index in [-0.39, 0.29) is 23.7 Å². The van der Waals surface area contributed by atoms with Crippen LogP contribution in [0.25, 0.3) is 0 Å². The smallest absolute Gasteiger partial charge is 0.270 e. The number of rotatable bonds is 3. The van der Waals surface area contributed by atoms with Gasteiger partial charge in [-0.25, -0.2) is 5.43 Å². The normalized spacial score (nSPS) is 30.6. The topological polar surface area (TPSA) is 91.2 Å². The van der Waals surface area contributed by atoms with Gasteiger partial charge in [0, 0.05) is 31.8 Å². The van der Waals surface area contributed by atoms with Gasteiger partial charge in [0.15, 0.2) is 0 Å². The summed E-state index contributed by atoms with van der Waals surface area (Å²) >= 11 is 0. The van der Waals surface area contributed by atoms with E-state index in [0.717, 1.165) is 17.7 Å². The van der Waals surface area contributed by atoms with Gasteiger partial charge in [0.1, 0.15) is 11.5 Å². The average molecular weight is 357 g/mol. The predicted octanol–water partition coefficient (Wildman–Crippen LogP) is 1.02. The number of likely N-dealkylation sites (tertiary alicyclic amines) is 1. The van der Waals surface area contributed by atoms with Crippen LogP contribution in [0.5, 0.6) is 5.75 Å². The molecule has 138 valence electrons. The van der Waals surface area contributed by atoms with E-state index in [4.69, 9.17) is 4.74 Å². The van der Waals surface area contributed by atoms with Crippen molar-refractivity contribution < 1.29 is 19.4 Å². The lowest BCUT2D eigenvalue weighted by Crippen LogP contribution is -2.41. The molecule has 0 aromatic heterocycles. The number of aliphatic hydroxyl groups is 1. The molecule has 2 fully saturated rings. The molecule has 1 saturated heterocycles. The minimum absolute atomic E-state index is 0.0126. The highest BCUT2D eigenvalue weighted by Gasteiger charge is 2.53. The Morgan fingerprint density at radius 3 is 2.73 bits per heavy atom. The number of hydrazone groups is 1. The van der Waals surface area contributed by atoms with Crippen molar-refractivity contribution >= 4 is 17.5 Å². The number of ether oxygens (including phenoxy) is 1. The van der Waals surface area contributed by atoms with Crippen molar-refractivity contribution in [3.63, 3.8) is 0 Å². The Balaban J connectivity index is 1.51. The van der Waals surface area contributed by atoms with E-state index in [1.807, 2.05) is 24.3 Å². The third-order valence-corrected chi connectivity index (χ3v) is 5.98. The summed E-state index contributed by atoms with van der Waals surface area (Å²) in [4.78, 5) is 25.7. The van der Waals surface area contributed by atoms with Gasteiger partial charge in [0.25, 0.3) is 5.91 Å². The van der Waals surface area contributed by atoms with E-state index in [0.29, 0.717) is 38.1 Å². The number of nitrogens with zero attached hydrogens (tertiary/aromatic N) is 2. The second-order valence-electron chi connectivity index (χ2n) is 7.36. The van der Waals surface area contributed by atoms with Crippen molar-refractivity contribution in [1.29, 1.82) is 0 Å². The molecule has 2 aliphatic heterocycles. The molecule has 2 N–H and O–H groups in total. The number of nitrogens with one attached hydrogen (secondary N) is 1. The fourth-order valence-corrected chi connectivity index (χ4v) is 4.51. The number of carbonyl (C=O) groups is 2. The fourth-order valence-electron chi connectivity index (χ4n) is 4.51. The second-order valence-corrected chi connectivity index (χ2v) is 7.36. The molecule has 0 unspecified atom stereocenters. The van der Waals surface area contributed by atoms with Gasteiger partial charge in [-0.15, -0.1) is 0 Å². The minimum Gasteiger partial charge on any atom is -0.497 e. The van der Waals surface area contributed by atoms with Crippen LogP contribution in [-0.2, 0) is 15.2 Å². The van der Waals surface area contributed by atoms with Crippen molar-refractivity contribution in [1.82, 2.24) is 10.3 Å². The van der Waals surface area contributed by atoms with E-state index in [1.165, 1.54) is 0 Å². The molecule has 2 heterocycles. The summed E-state index contributed by atoms with van der Waals surface area (Å²) in [6, 6.07) is 7.54. The minimum atomic E-state index is -0.922. The third-order valence-electron chi connectivity index (χ3n) is 5.98. The lowest BCUT2D eigenvalue weighted by Gasteiger charge is -2.31. The van der Waals surface area contributed by atoms with Gasteiger partial charge in [-0.1, -0.05) is 12.1 Å². The van der Waals surface area contributed by atoms with Gasteiger partial charge >= 0.3 is 0 Å². The van der Waals surface area contributed by atoms with Crippen LogP contribution in [0, 0.1) is 11.8 Å². The highest BCUT2D eigenvalue weighted by atomic mass is 16.5. The first-order valence-corrected chi connectivity index (χ1v) is 9.03. The van der Waals surface area contributed by atoms with Crippen molar-refractivity contribution in [2.24, 2.45) is 16.9 Å². The van der Waals surface area contributed by atoms with Crippen molar-refractivity contribution in [3.05, 3.63) is 29.8 Å². The summed E-state index contributed by atoms with van der Waals surface area (Å²) in [5.41, 5.74) is 2.74. The van der Waals surface area contributed by atoms with Gasteiger partial charge < -0.3 is 14.7 Å². The monoisotopic (exact) mass is 357 g/mol. The summed E-state index contributed by atoms with van der Waals surface area (Å²) in [5, 5.41) is 15.3. The maximum Gasteiger partial charge on any atom is 0.270 e. The largest absolute Gasteiger partial charge is 0.497 e. The number of carbonyl (C=O) groups excluding carboxylic acids is 2. The van der Waals surface area contributed by atoms with Crippen molar-refractivity contribution in [3.8, 4) is 5.75 Å². The van der Waals surface area contributed by atoms with Gasteiger partial charge in [-0.2, -0.15) is 5.10 Å². The van der Waals surface area contributed by atoms with Crippen LogP contribution in [0.3, 0.4) is 0 Å².